The van der Waals surface area contributed by atoms with Crippen LogP contribution in [0.15, 0.2) is 78.1 Å². The van der Waals surface area contributed by atoms with Crippen molar-refractivity contribution in [2.24, 2.45) is 0 Å². The molecule has 2 heterocycles. The monoisotopic (exact) mass is 615 g/mol. The number of methoxy groups -OCH3 is 3. The number of aromatic amines is 1. The Labute approximate surface area is 257 Å². The van der Waals surface area contributed by atoms with Gasteiger partial charge in [-0.2, -0.15) is 0 Å². The number of imidazole rings is 1. The molecule has 5 rings (SSSR count). The van der Waals surface area contributed by atoms with E-state index in [0.717, 1.165) is 22.4 Å². The van der Waals surface area contributed by atoms with E-state index in [0.29, 0.717) is 64.3 Å². The molecule has 10 nitrogen and oxygen atoms in total. The molecule has 0 fully saturated rings. The molecule has 1 atom stereocenters. The molecule has 11 heteroatoms. The number of hydrogen-bond acceptors (Lipinski definition) is 9. The maximum atomic E-state index is 13.2. The highest BCUT2D eigenvalue weighted by atomic mass is 32.2. The van der Waals surface area contributed by atoms with Crippen LogP contribution >= 0.6 is 0 Å². The molecule has 0 amide bonds. The number of benzene rings is 3. The first kappa shape index (κ1) is 30.6. The van der Waals surface area contributed by atoms with Crippen molar-refractivity contribution >= 4 is 27.8 Å². The van der Waals surface area contributed by atoms with Crippen LogP contribution in [0.2, 0.25) is 0 Å². The normalized spacial score (nSPS) is 11.6. The number of pyridine rings is 1. The topological polar surface area (TPSA) is 122 Å². The van der Waals surface area contributed by atoms with Crippen molar-refractivity contribution in [3.63, 3.8) is 0 Å². The number of carbonyl (C=O) groups excluding carboxylic acids is 1. The van der Waals surface area contributed by atoms with Crippen molar-refractivity contribution in [3.8, 4) is 34.1 Å². The van der Waals surface area contributed by atoms with Gasteiger partial charge in [0.15, 0.2) is 16.7 Å². The second-order valence-electron chi connectivity index (χ2n) is 9.78. The van der Waals surface area contributed by atoms with E-state index in [1.807, 2.05) is 43.3 Å². The molecule has 0 spiro atoms. The van der Waals surface area contributed by atoms with Gasteiger partial charge in [-0.1, -0.05) is 24.3 Å². The number of aromatic nitrogens is 3. The third-order valence-corrected chi connectivity index (χ3v) is 8.15. The fourth-order valence-electron chi connectivity index (χ4n) is 4.59. The summed E-state index contributed by atoms with van der Waals surface area (Å²) in [5.74, 6) is 2.35. The fraction of sp³-hybridized carbons (Fsp3) is 0.242. The van der Waals surface area contributed by atoms with Crippen LogP contribution in [0.1, 0.15) is 28.0 Å². The number of rotatable bonds is 13. The molecule has 0 aliphatic heterocycles. The molecule has 0 bridgehead atoms. The van der Waals surface area contributed by atoms with E-state index in [4.69, 9.17) is 23.7 Å². The molecule has 228 valence electrons. The van der Waals surface area contributed by atoms with Gasteiger partial charge in [0.05, 0.1) is 73.4 Å². The lowest BCUT2D eigenvalue weighted by molar-refractivity contribution is 0.0600. The Morgan fingerprint density at radius 1 is 0.864 bits per heavy atom. The number of carbonyl (C=O) groups is 1. The third kappa shape index (κ3) is 7.00. The molecular weight excluding hydrogens is 582 g/mol. The summed E-state index contributed by atoms with van der Waals surface area (Å²) in [5.41, 5.74) is 5.23. The number of fused-ring (bicyclic) bond motifs is 1. The number of ether oxygens (including phenoxy) is 5. The van der Waals surface area contributed by atoms with E-state index in [1.54, 1.807) is 50.7 Å². The van der Waals surface area contributed by atoms with E-state index >= 15 is 0 Å². The van der Waals surface area contributed by atoms with Crippen molar-refractivity contribution in [2.45, 2.75) is 24.3 Å². The van der Waals surface area contributed by atoms with Crippen LogP contribution < -0.4 is 18.9 Å². The summed E-state index contributed by atoms with van der Waals surface area (Å²) in [4.78, 5) is 23.9. The Morgan fingerprint density at radius 2 is 1.61 bits per heavy atom. The van der Waals surface area contributed by atoms with Gasteiger partial charge in [0, 0.05) is 30.3 Å². The molecule has 0 saturated heterocycles. The van der Waals surface area contributed by atoms with Gasteiger partial charge in [-0.25, -0.2) is 9.78 Å². The van der Waals surface area contributed by atoms with Crippen LogP contribution in [0.4, 0.5) is 0 Å². The Hall–Kier alpha value is -4.90. The maximum Gasteiger partial charge on any atom is 0.337 e. The minimum atomic E-state index is -1.46. The zero-order chi connectivity index (χ0) is 31.1. The van der Waals surface area contributed by atoms with Gasteiger partial charge in [0.1, 0.15) is 11.5 Å². The highest BCUT2D eigenvalue weighted by Gasteiger charge is 2.17. The molecule has 0 radical (unpaired) electrons. The van der Waals surface area contributed by atoms with Gasteiger partial charge in [0.2, 0.25) is 0 Å². The minimum Gasteiger partial charge on any atom is -0.493 e. The minimum absolute atomic E-state index is 0.184. The second-order valence-corrected chi connectivity index (χ2v) is 11.2. The summed E-state index contributed by atoms with van der Waals surface area (Å²) >= 11 is 0. The Kier molecular flexibility index (Phi) is 9.75. The summed E-state index contributed by atoms with van der Waals surface area (Å²) < 4.78 is 40.6. The molecule has 0 aliphatic rings. The first-order valence-electron chi connectivity index (χ1n) is 13.9. The Morgan fingerprint density at radius 3 is 2.36 bits per heavy atom. The van der Waals surface area contributed by atoms with Crippen molar-refractivity contribution in [2.75, 3.05) is 34.5 Å². The van der Waals surface area contributed by atoms with Crippen LogP contribution in [0.5, 0.6) is 23.0 Å². The summed E-state index contributed by atoms with van der Waals surface area (Å²) in [6, 6.07) is 20.3. The lowest BCUT2D eigenvalue weighted by Gasteiger charge is -2.12. The molecule has 5 aromatic rings. The molecule has 1 N–H and O–H groups in total. The van der Waals surface area contributed by atoms with E-state index in [9.17, 15) is 9.00 Å². The molecule has 3 aromatic carbocycles. The summed E-state index contributed by atoms with van der Waals surface area (Å²) in [6.07, 6.45) is 2.32. The van der Waals surface area contributed by atoms with E-state index in [1.165, 1.54) is 7.11 Å². The van der Waals surface area contributed by atoms with Crippen molar-refractivity contribution in [1.29, 1.82) is 0 Å². The van der Waals surface area contributed by atoms with Gasteiger partial charge < -0.3 is 28.7 Å². The van der Waals surface area contributed by atoms with E-state index in [-0.39, 0.29) is 11.7 Å². The summed E-state index contributed by atoms with van der Waals surface area (Å²) in [6.45, 7) is 2.82. The van der Waals surface area contributed by atoms with Crippen LogP contribution in [0, 0.1) is 6.92 Å². The highest BCUT2D eigenvalue weighted by Crippen LogP contribution is 2.32. The van der Waals surface area contributed by atoms with Crippen LogP contribution in [-0.2, 0) is 21.3 Å². The Bertz CT molecular complexity index is 1750. The van der Waals surface area contributed by atoms with E-state index in [2.05, 4.69) is 15.0 Å². The number of nitrogens with zero attached hydrogens (tertiary/aromatic N) is 2. The van der Waals surface area contributed by atoms with Crippen molar-refractivity contribution in [1.82, 2.24) is 15.0 Å². The van der Waals surface area contributed by atoms with Crippen molar-refractivity contribution in [3.05, 3.63) is 89.7 Å². The third-order valence-electron chi connectivity index (χ3n) is 6.99. The number of esters is 1. The summed E-state index contributed by atoms with van der Waals surface area (Å²) in [5, 5.41) is 0.350. The van der Waals surface area contributed by atoms with Gasteiger partial charge in [-0.05, 0) is 48.4 Å². The lowest BCUT2D eigenvalue weighted by atomic mass is 10.0. The zero-order valence-corrected chi connectivity index (χ0v) is 25.7. The van der Waals surface area contributed by atoms with Gasteiger partial charge in [-0.15, -0.1) is 0 Å². The molecule has 44 heavy (non-hydrogen) atoms. The first-order valence-corrected chi connectivity index (χ1v) is 15.2. The second kappa shape index (κ2) is 14.0. The number of nitrogens with one attached hydrogen (secondary N) is 1. The zero-order valence-electron chi connectivity index (χ0n) is 24.9. The maximum absolute atomic E-state index is 13.2. The molecule has 0 aliphatic carbocycles. The first-order chi connectivity index (χ1) is 21.4. The van der Waals surface area contributed by atoms with E-state index < -0.39 is 10.8 Å². The molecular formula is C33H33N3O7S. The number of hydrogen-bond donors (Lipinski definition) is 1. The SMILES string of the molecule is COC(=O)c1cccc(-c2ccc(OCCCOc3ccnc(CS(=O)c4nc5cc(OC)c(OC)cc5[nH]4)c3C)cc2)c1. The highest BCUT2D eigenvalue weighted by molar-refractivity contribution is 7.84. The molecule has 0 saturated carbocycles. The fourth-order valence-corrected chi connectivity index (χ4v) is 5.69. The predicted molar refractivity (Wildman–Crippen MR) is 167 cm³/mol. The Balaban J connectivity index is 1.13. The van der Waals surface area contributed by atoms with Crippen LogP contribution in [-0.4, -0.2) is 59.7 Å². The quantitative estimate of drug-likeness (QED) is 0.128. The van der Waals surface area contributed by atoms with Crippen LogP contribution in [0.25, 0.3) is 22.2 Å². The summed E-state index contributed by atoms with van der Waals surface area (Å²) in [7, 11) is 3.03. The lowest BCUT2D eigenvalue weighted by Crippen LogP contribution is -2.08. The number of H-pyrrole nitrogens is 1. The molecule has 1 unspecified atom stereocenters. The van der Waals surface area contributed by atoms with Gasteiger partial charge >= 0.3 is 5.97 Å². The smallest absolute Gasteiger partial charge is 0.337 e. The van der Waals surface area contributed by atoms with Crippen LogP contribution in [0.3, 0.4) is 0 Å². The standard InChI is InChI=1S/C33H33N3O7S/c1-21-28(20-44(38)33-35-26-18-30(39-2)31(40-3)19-27(26)36-33)34-14-13-29(21)43-16-6-15-42-25-11-9-22(10-12-25)23-7-5-8-24(17-23)32(37)41-4/h5,7-14,17-19H,6,15-16,20H2,1-4H3,(H,35,36). The van der Waals surface area contributed by atoms with Gasteiger partial charge in [-0.3, -0.25) is 9.19 Å². The average Bonchev–Trinajstić information content (AvgIpc) is 3.48. The van der Waals surface area contributed by atoms with Gasteiger partial charge in [0.25, 0.3) is 0 Å². The average molecular weight is 616 g/mol. The molecule has 2 aromatic heterocycles. The predicted octanol–water partition coefficient (Wildman–Crippen LogP) is 5.89. The van der Waals surface area contributed by atoms with Crippen molar-refractivity contribution < 1.29 is 32.7 Å². The largest absolute Gasteiger partial charge is 0.493 e.